The summed E-state index contributed by atoms with van der Waals surface area (Å²) in [5.74, 6) is 0.139. The summed E-state index contributed by atoms with van der Waals surface area (Å²) < 4.78 is 11.0. The fourth-order valence-corrected chi connectivity index (χ4v) is 4.00. The minimum atomic E-state index is -0.665. The summed E-state index contributed by atoms with van der Waals surface area (Å²) in [6.45, 7) is 1.60. The summed E-state index contributed by atoms with van der Waals surface area (Å²) in [6.07, 6.45) is 0.885. The van der Waals surface area contributed by atoms with E-state index in [1.165, 1.54) is 19.2 Å². The molecule has 3 saturated heterocycles. The third-order valence-corrected chi connectivity index (χ3v) is 5.10. The minimum absolute atomic E-state index is 0.0277. The van der Waals surface area contributed by atoms with E-state index in [4.69, 9.17) is 9.47 Å². The number of carbonyl (C=O) groups is 2. The average molecular weight is 318 g/mol. The number of hydrogen-bond acceptors (Lipinski definition) is 5. The van der Waals surface area contributed by atoms with E-state index in [-0.39, 0.29) is 35.6 Å². The number of phenolic OH excluding ortho intramolecular Hbond substituents is 1. The molecule has 0 aromatic heterocycles. The second-order valence-electron chi connectivity index (χ2n) is 6.09. The van der Waals surface area contributed by atoms with Gasteiger partial charge in [-0.1, -0.05) is 0 Å². The molecule has 0 saturated carbocycles. The summed E-state index contributed by atoms with van der Waals surface area (Å²) in [5, 5.41) is 10.0. The molecule has 122 valence electrons. The first-order valence-electron chi connectivity index (χ1n) is 7.69. The van der Waals surface area contributed by atoms with Crippen LogP contribution in [0.15, 0.2) is 18.2 Å². The molecule has 1 aromatic rings. The van der Waals surface area contributed by atoms with Gasteiger partial charge in [0.2, 0.25) is 5.91 Å². The molecule has 0 aliphatic carbocycles. The maximum atomic E-state index is 12.9. The molecular weight excluding hydrogens is 300 g/mol. The van der Waals surface area contributed by atoms with Crippen molar-refractivity contribution in [1.29, 1.82) is 0 Å². The Bertz CT molecular complexity index is 691. The lowest BCUT2D eigenvalue weighted by Gasteiger charge is -2.31. The number of methoxy groups -OCH3 is 1. The zero-order valence-electron chi connectivity index (χ0n) is 12.8. The van der Waals surface area contributed by atoms with Crippen LogP contribution in [0.2, 0.25) is 0 Å². The van der Waals surface area contributed by atoms with Crippen LogP contribution in [-0.2, 0) is 9.53 Å². The summed E-state index contributed by atoms with van der Waals surface area (Å²) in [5.41, 5.74) is -0.480. The predicted molar refractivity (Wildman–Crippen MR) is 79.1 cm³/mol. The molecule has 1 aromatic carbocycles. The van der Waals surface area contributed by atoms with Gasteiger partial charge in [-0.25, -0.2) is 0 Å². The largest absolute Gasteiger partial charge is 0.507 e. The third-order valence-electron chi connectivity index (χ3n) is 5.10. The topological polar surface area (TPSA) is 79.3 Å². The Balaban J connectivity index is 1.67. The van der Waals surface area contributed by atoms with Crippen molar-refractivity contribution in [2.24, 2.45) is 0 Å². The summed E-state index contributed by atoms with van der Waals surface area (Å²) >= 11 is 0. The highest BCUT2D eigenvalue weighted by Gasteiger charge is 2.63. The Morgan fingerprint density at radius 1 is 1.43 bits per heavy atom. The number of rotatable bonds is 2. The fourth-order valence-electron chi connectivity index (χ4n) is 4.00. The number of aromatic hydroxyl groups is 1. The summed E-state index contributed by atoms with van der Waals surface area (Å²) in [6, 6.07) is 4.26. The van der Waals surface area contributed by atoms with Gasteiger partial charge < -0.3 is 24.4 Å². The normalized spacial score (nSPS) is 28.9. The monoisotopic (exact) mass is 318 g/mol. The lowest BCUT2D eigenvalue weighted by Crippen LogP contribution is -2.48. The highest BCUT2D eigenvalue weighted by molar-refractivity contribution is 5.98. The summed E-state index contributed by atoms with van der Waals surface area (Å²) in [4.78, 5) is 28.5. The van der Waals surface area contributed by atoms with Crippen molar-refractivity contribution < 1.29 is 24.2 Å². The van der Waals surface area contributed by atoms with Crippen molar-refractivity contribution >= 4 is 11.8 Å². The van der Waals surface area contributed by atoms with Gasteiger partial charge in [0, 0.05) is 19.5 Å². The van der Waals surface area contributed by atoms with E-state index in [1.54, 1.807) is 15.9 Å². The molecule has 4 rings (SSSR count). The van der Waals surface area contributed by atoms with Crippen LogP contribution < -0.4 is 4.74 Å². The molecule has 3 heterocycles. The van der Waals surface area contributed by atoms with Gasteiger partial charge >= 0.3 is 0 Å². The van der Waals surface area contributed by atoms with Crippen LogP contribution in [0.25, 0.3) is 0 Å². The number of ether oxygens (including phenoxy) is 2. The number of carbonyl (C=O) groups excluding carboxylic acids is 2. The van der Waals surface area contributed by atoms with Crippen molar-refractivity contribution in [3.63, 3.8) is 0 Å². The first-order chi connectivity index (χ1) is 11.1. The van der Waals surface area contributed by atoms with Crippen LogP contribution in [-0.4, -0.2) is 65.3 Å². The zero-order valence-corrected chi connectivity index (χ0v) is 12.8. The Morgan fingerprint density at radius 3 is 3.04 bits per heavy atom. The summed E-state index contributed by atoms with van der Waals surface area (Å²) in [7, 11) is 1.51. The van der Waals surface area contributed by atoms with E-state index < -0.39 is 5.72 Å². The predicted octanol–water partition coefficient (Wildman–Crippen LogP) is 0.574. The van der Waals surface area contributed by atoms with Crippen molar-refractivity contribution in [3.8, 4) is 11.5 Å². The lowest BCUT2D eigenvalue weighted by atomic mass is 10.1. The molecule has 3 aliphatic heterocycles. The molecular formula is C16H18N2O5. The van der Waals surface area contributed by atoms with Crippen molar-refractivity contribution in [3.05, 3.63) is 23.8 Å². The van der Waals surface area contributed by atoms with Crippen LogP contribution in [0.5, 0.6) is 11.5 Å². The molecule has 0 unspecified atom stereocenters. The number of benzene rings is 1. The van der Waals surface area contributed by atoms with Gasteiger partial charge in [0.15, 0.2) is 5.72 Å². The minimum Gasteiger partial charge on any atom is -0.507 e. The molecule has 7 heteroatoms. The van der Waals surface area contributed by atoms with Gasteiger partial charge in [-0.15, -0.1) is 0 Å². The zero-order chi connectivity index (χ0) is 16.2. The van der Waals surface area contributed by atoms with Gasteiger partial charge in [-0.05, 0) is 18.2 Å². The van der Waals surface area contributed by atoms with Crippen LogP contribution >= 0.6 is 0 Å². The van der Waals surface area contributed by atoms with Gasteiger partial charge in [0.25, 0.3) is 5.91 Å². The van der Waals surface area contributed by atoms with E-state index in [0.717, 1.165) is 0 Å². The van der Waals surface area contributed by atoms with Crippen LogP contribution in [0.1, 0.15) is 23.2 Å². The number of phenols is 1. The lowest BCUT2D eigenvalue weighted by molar-refractivity contribution is -0.136. The van der Waals surface area contributed by atoms with Crippen LogP contribution in [0.4, 0.5) is 0 Å². The molecule has 23 heavy (non-hydrogen) atoms. The van der Waals surface area contributed by atoms with E-state index in [1.807, 2.05) is 0 Å². The van der Waals surface area contributed by atoms with Gasteiger partial charge in [-0.3, -0.25) is 9.59 Å². The number of likely N-dealkylation sites (tertiary alicyclic amines) is 1. The maximum absolute atomic E-state index is 12.9. The van der Waals surface area contributed by atoms with E-state index in [0.29, 0.717) is 31.9 Å². The Hall–Kier alpha value is -2.28. The second-order valence-corrected chi connectivity index (χ2v) is 6.09. The molecule has 3 aliphatic rings. The van der Waals surface area contributed by atoms with E-state index in [2.05, 4.69) is 0 Å². The van der Waals surface area contributed by atoms with E-state index in [9.17, 15) is 14.7 Å². The maximum Gasteiger partial charge on any atom is 0.258 e. The standard InChI is InChI=1S/C16H18N2O5/c1-22-10-2-3-12(19)11(8-10)15(21)17-5-4-16-13(17)9-14(20)18(16)6-7-23-16/h2-3,8,13,19H,4-7,9H2,1H3/t13-,16+/m1/s1. The third kappa shape index (κ3) is 1.86. The molecule has 7 nitrogen and oxygen atoms in total. The van der Waals surface area contributed by atoms with Crippen molar-refractivity contribution in [2.75, 3.05) is 26.8 Å². The van der Waals surface area contributed by atoms with Crippen molar-refractivity contribution in [2.45, 2.75) is 24.6 Å². The Labute approximate surface area is 133 Å². The molecule has 0 radical (unpaired) electrons. The molecule has 3 fully saturated rings. The second kappa shape index (κ2) is 4.86. The number of amides is 2. The first-order valence-corrected chi connectivity index (χ1v) is 7.69. The Morgan fingerprint density at radius 2 is 2.26 bits per heavy atom. The van der Waals surface area contributed by atoms with E-state index >= 15 is 0 Å². The number of hydrogen-bond donors (Lipinski definition) is 1. The molecule has 1 spiro atoms. The smallest absolute Gasteiger partial charge is 0.258 e. The Kier molecular flexibility index (Phi) is 3.02. The van der Waals surface area contributed by atoms with Crippen molar-refractivity contribution in [1.82, 2.24) is 9.80 Å². The van der Waals surface area contributed by atoms with Gasteiger partial charge in [0.05, 0.1) is 31.7 Å². The van der Waals surface area contributed by atoms with Gasteiger partial charge in [0.1, 0.15) is 11.5 Å². The SMILES string of the molecule is COc1ccc(O)c(C(=O)N2CC[C@@]34OCCN3C(=O)C[C@@H]24)c1. The van der Waals surface area contributed by atoms with Gasteiger partial charge in [-0.2, -0.15) is 0 Å². The molecule has 2 amide bonds. The highest BCUT2D eigenvalue weighted by Crippen LogP contribution is 2.46. The molecule has 0 bridgehead atoms. The molecule has 1 N–H and O–H groups in total. The number of nitrogens with zero attached hydrogens (tertiary/aromatic N) is 2. The first kappa shape index (κ1) is 14.3. The van der Waals surface area contributed by atoms with Crippen LogP contribution in [0, 0.1) is 0 Å². The van der Waals surface area contributed by atoms with Crippen LogP contribution in [0.3, 0.4) is 0 Å². The quantitative estimate of drug-likeness (QED) is 0.862. The average Bonchev–Trinajstić information content (AvgIpc) is 3.18. The molecule has 2 atom stereocenters. The highest BCUT2D eigenvalue weighted by atomic mass is 16.5. The fraction of sp³-hybridized carbons (Fsp3) is 0.500.